The Morgan fingerprint density at radius 3 is 1.07 bits per heavy atom. The van der Waals surface area contributed by atoms with Crippen LogP contribution in [0.4, 0.5) is 0 Å². The number of phosphoric ester groups is 1. The van der Waals surface area contributed by atoms with E-state index < -0.39 is 57.8 Å². The van der Waals surface area contributed by atoms with E-state index in [1.54, 1.807) is 0 Å². The van der Waals surface area contributed by atoms with E-state index in [0.29, 0.717) is 25.7 Å². The second-order valence-corrected chi connectivity index (χ2v) is 21.9. The Morgan fingerprint density at radius 1 is 0.362 bits per heavy atom. The maximum absolute atomic E-state index is 12.9. The standard InChI is InChI=1S/C68H113O11P/c1-4-7-10-13-16-19-22-25-28-30-32-34-37-39-42-45-48-51-54-57-66(70)75-61-65(79-68(72)59-56-53-50-47-44-41-38-35-33-31-29-26-23-20-17-14-11-8-5-2)63-77-80(73,74)76-62-64(60-69)78-67(71)58-55-52-49-46-43-40-36-27-24-21-18-15-12-9-6-3/h7-8,10-11,16-17,19-20,25-26,28-29,32-35,41,44,50,53,64-65,69H,4-6,9,12-15,18,21-24,27,30-31,36-40,42-43,45-49,51-52,54-63H2,1-3H3,(H,73,74)/b10-7-,11-8-,19-16-,20-17-,28-25-,29-26-,34-32-,35-33-,44-41-,53-50-. The highest BCUT2D eigenvalue weighted by atomic mass is 31.2. The van der Waals surface area contributed by atoms with Crippen LogP contribution in [0.3, 0.4) is 0 Å². The number of phosphoric acid groups is 1. The van der Waals surface area contributed by atoms with Gasteiger partial charge in [0.25, 0.3) is 0 Å². The van der Waals surface area contributed by atoms with Gasteiger partial charge in [0, 0.05) is 19.3 Å². The van der Waals surface area contributed by atoms with Crippen LogP contribution in [-0.2, 0) is 42.2 Å². The lowest BCUT2D eigenvalue weighted by Crippen LogP contribution is -2.30. The van der Waals surface area contributed by atoms with Crippen molar-refractivity contribution in [2.45, 2.75) is 264 Å². The first-order valence-electron chi connectivity index (χ1n) is 31.4. The predicted molar refractivity (Wildman–Crippen MR) is 334 cm³/mol. The molecule has 0 aromatic rings. The lowest BCUT2D eigenvalue weighted by atomic mass is 10.0. The zero-order chi connectivity index (χ0) is 58.3. The maximum atomic E-state index is 12.9. The number of hydrogen-bond donors (Lipinski definition) is 2. The fourth-order valence-electron chi connectivity index (χ4n) is 8.20. The molecule has 12 heteroatoms. The van der Waals surface area contributed by atoms with Gasteiger partial charge in [-0.2, -0.15) is 0 Å². The minimum Gasteiger partial charge on any atom is -0.462 e. The first kappa shape index (κ1) is 75.9. The molecule has 0 amide bonds. The summed E-state index contributed by atoms with van der Waals surface area (Å²) in [6, 6.07) is 0. The number of aliphatic hydroxyl groups excluding tert-OH is 1. The van der Waals surface area contributed by atoms with E-state index in [0.717, 1.165) is 116 Å². The average molecular weight is 1140 g/mol. The largest absolute Gasteiger partial charge is 0.472 e. The monoisotopic (exact) mass is 1140 g/mol. The van der Waals surface area contributed by atoms with Crippen LogP contribution in [0.2, 0.25) is 0 Å². The lowest BCUT2D eigenvalue weighted by Gasteiger charge is -2.21. The van der Waals surface area contributed by atoms with Gasteiger partial charge in [0.05, 0.1) is 19.8 Å². The summed E-state index contributed by atoms with van der Waals surface area (Å²) >= 11 is 0. The number of carbonyl (C=O) groups is 3. The van der Waals surface area contributed by atoms with Crippen molar-refractivity contribution >= 4 is 25.7 Å². The van der Waals surface area contributed by atoms with Crippen molar-refractivity contribution in [3.05, 3.63) is 122 Å². The van der Waals surface area contributed by atoms with Crippen LogP contribution in [0.5, 0.6) is 0 Å². The molecule has 0 aliphatic carbocycles. The van der Waals surface area contributed by atoms with Crippen LogP contribution in [0.25, 0.3) is 0 Å². The minimum atomic E-state index is -4.78. The number of carbonyl (C=O) groups excluding carboxylic acids is 3. The molecular weight excluding hydrogens is 1020 g/mol. The summed E-state index contributed by atoms with van der Waals surface area (Å²) in [5.41, 5.74) is 0. The third-order valence-corrected chi connectivity index (χ3v) is 13.8. The molecule has 3 atom stereocenters. The van der Waals surface area contributed by atoms with Crippen LogP contribution >= 0.6 is 7.82 Å². The molecular formula is C68H113O11P. The van der Waals surface area contributed by atoms with Crippen molar-refractivity contribution in [3.8, 4) is 0 Å². The molecule has 80 heavy (non-hydrogen) atoms. The predicted octanol–water partition coefficient (Wildman–Crippen LogP) is 19.1. The fourth-order valence-corrected chi connectivity index (χ4v) is 8.98. The number of allylic oxidation sites excluding steroid dienone is 20. The van der Waals surface area contributed by atoms with E-state index in [4.69, 9.17) is 23.3 Å². The molecule has 0 aliphatic heterocycles. The number of aliphatic hydroxyl groups is 1. The van der Waals surface area contributed by atoms with Crippen molar-refractivity contribution in [2.24, 2.45) is 0 Å². The number of ether oxygens (including phenoxy) is 3. The maximum Gasteiger partial charge on any atom is 0.472 e. The third-order valence-electron chi connectivity index (χ3n) is 12.9. The van der Waals surface area contributed by atoms with Crippen molar-refractivity contribution in [3.63, 3.8) is 0 Å². The molecule has 11 nitrogen and oxygen atoms in total. The van der Waals surface area contributed by atoms with Crippen LogP contribution in [0.15, 0.2) is 122 Å². The van der Waals surface area contributed by atoms with Crippen LogP contribution in [-0.4, -0.2) is 66.5 Å². The highest BCUT2D eigenvalue weighted by Gasteiger charge is 2.28. The average Bonchev–Trinajstić information content (AvgIpc) is 3.45. The van der Waals surface area contributed by atoms with E-state index >= 15 is 0 Å². The summed E-state index contributed by atoms with van der Waals surface area (Å²) in [4.78, 5) is 48.7. The number of unbranched alkanes of at least 4 members (excludes halogenated alkanes) is 20. The highest BCUT2D eigenvalue weighted by molar-refractivity contribution is 7.47. The summed E-state index contributed by atoms with van der Waals surface area (Å²) in [7, 11) is -4.78. The summed E-state index contributed by atoms with van der Waals surface area (Å²) in [6.07, 6.45) is 75.9. The van der Waals surface area contributed by atoms with E-state index in [-0.39, 0.29) is 25.9 Å². The van der Waals surface area contributed by atoms with Gasteiger partial charge in [-0.3, -0.25) is 23.4 Å². The van der Waals surface area contributed by atoms with Gasteiger partial charge in [-0.15, -0.1) is 0 Å². The number of hydrogen-bond acceptors (Lipinski definition) is 10. The molecule has 0 saturated heterocycles. The molecule has 0 aromatic heterocycles. The second-order valence-electron chi connectivity index (χ2n) is 20.5. The van der Waals surface area contributed by atoms with Crippen LogP contribution in [0, 0.1) is 0 Å². The van der Waals surface area contributed by atoms with Crippen LogP contribution in [0.1, 0.15) is 252 Å². The molecule has 3 unspecified atom stereocenters. The first-order valence-corrected chi connectivity index (χ1v) is 32.9. The smallest absolute Gasteiger partial charge is 0.462 e. The molecule has 0 aromatic carbocycles. The zero-order valence-electron chi connectivity index (χ0n) is 50.5. The van der Waals surface area contributed by atoms with Gasteiger partial charge >= 0.3 is 25.7 Å². The Kier molecular flexibility index (Phi) is 57.8. The van der Waals surface area contributed by atoms with Crippen molar-refractivity contribution in [2.75, 3.05) is 26.4 Å². The van der Waals surface area contributed by atoms with E-state index in [9.17, 15) is 28.9 Å². The normalized spacial score (nSPS) is 14.1. The molecule has 0 radical (unpaired) electrons. The summed E-state index contributed by atoms with van der Waals surface area (Å²) in [5, 5.41) is 9.84. The molecule has 0 rings (SSSR count). The molecule has 0 fully saturated rings. The summed E-state index contributed by atoms with van der Waals surface area (Å²) in [5.74, 6) is -1.59. The Labute approximate surface area is 487 Å². The SMILES string of the molecule is CC/C=C\C/C=C\C/C=C\C/C=C\C/C=C\C/C=C\CCC(=O)OC(COC(=O)CCCCCCCC/C=C\C/C=C\C/C=C\C/C=C\CC)COP(=O)(O)OCC(CO)OC(=O)CCCCCCCCCCCCCCCCC. The summed E-state index contributed by atoms with van der Waals surface area (Å²) < 4.78 is 39.6. The molecule has 0 saturated carbocycles. The van der Waals surface area contributed by atoms with E-state index in [2.05, 4.69) is 130 Å². The van der Waals surface area contributed by atoms with Gasteiger partial charge in [-0.05, 0) is 96.3 Å². The van der Waals surface area contributed by atoms with Crippen LogP contribution < -0.4 is 0 Å². The molecule has 456 valence electrons. The Morgan fingerprint density at radius 2 is 0.675 bits per heavy atom. The molecule has 0 bridgehead atoms. The highest BCUT2D eigenvalue weighted by Crippen LogP contribution is 2.43. The van der Waals surface area contributed by atoms with Gasteiger partial charge in [0.1, 0.15) is 12.7 Å². The topological polar surface area (TPSA) is 155 Å². The number of esters is 3. The second kappa shape index (κ2) is 61.0. The third kappa shape index (κ3) is 58.5. The summed E-state index contributed by atoms with van der Waals surface area (Å²) in [6.45, 7) is 4.34. The first-order chi connectivity index (χ1) is 39.2. The minimum absolute atomic E-state index is 0.0340. The van der Waals surface area contributed by atoms with Crippen molar-refractivity contribution < 1.29 is 52.2 Å². The molecule has 0 heterocycles. The van der Waals surface area contributed by atoms with Gasteiger partial charge < -0.3 is 24.2 Å². The Balaban J connectivity index is 4.85. The van der Waals surface area contributed by atoms with Gasteiger partial charge in [-0.25, -0.2) is 4.57 Å². The van der Waals surface area contributed by atoms with Crippen molar-refractivity contribution in [1.82, 2.24) is 0 Å². The van der Waals surface area contributed by atoms with Crippen molar-refractivity contribution in [1.29, 1.82) is 0 Å². The molecule has 2 N–H and O–H groups in total. The van der Waals surface area contributed by atoms with Gasteiger partial charge in [-0.1, -0.05) is 258 Å². The quantitative estimate of drug-likeness (QED) is 0.0197. The molecule has 0 aliphatic rings. The van der Waals surface area contributed by atoms with Gasteiger partial charge in [0.15, 0.2) is 6.10 Å². The lowest BCUT2D eigenvalue weighted by molar-refractivity contribution is -0.161. The van der Waals surface area contributed by atoms with E-state index in [1.165, 1.54) is 70.6 Å². The number of rotatable bonds is 57. The van der Waals surface area contributed by atoms with Gasteiger partial charge in [0.2, 0.25) is 0 Å². The Hall–Kier alpha value is -4.12. The zero-order valence-corrected chi connectivity index (χ0v) is 51.4. The Bertz CT molecular complexity index is 1800. The molecule has 0 spiro atoms. The fraction of sp³-hybridized carbons (Fsp3) is 0.662. The van der Waals surface area contributed by atoms with E-state index in [1.807, 2.05) is 12.2 Å².